The highest BCUT2D eigenvalue weighted by Crippen LogP contribution is 2.24. The van der Waals surface area contributed by atoms with E-state index in [-0.39, 0.29) is 12.5 Å². The van der Waals surface area contributed by atoms with E-state index in [0.29, 0.717) is 37.6 Å². The minimum atomic E-state index is -0.576. The van der Waals surface area contributed by atoms with Crippen LogP contribution in [-0.2, 0) is 14.3 Å². The highest BCUT2D eigenvalue weighted by Gasteiger charge is 2.23. The van der Waals surface area contributed by atoms with Gasteiger partial charge in [0.25, 0.3) is 5.91 Å². The third-order valence-electron chi connectivity index (χ3n) is 4.69. The molecule has 1 aromatic heterocycles. The Morgan fingerprint density at radius 1 is 0.966 bits per heavy atom. The summed E-state index contributed by atoms with van der Waals surface area (Å²) in [6.07, 6.45) is 1.64. The molecule has 0 spiro atoms. The van der Waals surface area contributed by atoms with E-state index in [1.165, 1.54) is 0 Å². The molecule has 29 heavy (non-hydrogen) atoms. The van der Waals surface area contributed by atoms with Crippen molar-refractivity contribution in [3.05, 3.63) is 72.4 Å². The summed E-state index contributed by atoms with van der Waals surface area (Å²) in [6, 6.07) is 18.9. The van der Waals surface area contributed by atoms with Gasteiger partial charge in [-0.3, -0.25) is 4.79 Å². The standard InChI is InChI=1S/C22H21N3O4/c26-20(24-11-13-28-14-12-24)16-29-22(27)19-15-25(18-9-5-2-6-10-18)23-21(19)17-7-3-1-4-8-17/h1-10,15H,11-14,16H2. The fourth-order valence-corrected chi connectivity index (χ4v) is 3.15. The number of para-hydroxylation sites is 1. The van der Waals surface area contributed by atoms with Gasteiger partial charge in [0.05, 0.1) is 18.9 Å². The number of aromatic nitrogens is 2. The van der Waals surface area contributed by atoms with Gasteiger partial charge in [0.1, 0.15) is 11.3 Å². The van der Waals surface area contributed by atoms with Crippen LogP contribution in [0.15, 0.2) is 66.9 Å². The van der Waals surface area contributed by atoms with Crippen molar-refractivity contribution in [2.45, 2.75) is 0 Å². The molecule has 7 nitrogen and oxygen atoms in total. The molecule has 3 aromatic rings. The molecule has 1 aliphatic rings. The Bertz CT molecular complexity index is 980. The Balaban J connectivity index is 1.57. The third-order valence-corrected chi connectivity index (χ3v) is 4.69. The van der Waals surface area contributed by atoms with Crippen LogP contribution in [-0.4, -0.2) is 59.5 Å². The number of benzene rings is 2. The maximum Gasteiger partial charge on any atom is 0.342 e. The molecule has 0 unspecified atom stereocenters. The molecule has 1 amide bonds. The summed E-state index contributed by atoms with van der Waals surface area (Å²) < 4.78 is 12.2. The summed E-state index contributed by atoms with van der Waals surface area (Å²) in [5, 5.41) is 4.59. The van der Waals surface area contributed by atoms with Crippen LogP contribution in [0.1, 0.15) is 10.4 Å². The van der Waals surface area contributed by atoms with Crippen LogP contribution in [0.4, 0.5) is 0 Å². The van der Waals surface area contributed by atoms with Crippen molar-refractivity contribution >= 4 is 11.9 Å². The van der Waals surface area contributed by atoms with Gasteiger partial charge in [-0.1, -0.05) is 48.5 Å². The van der Waals surface area contributed by atoms with E-state index < -0.39 is 5.97 Å². The Morgan fingerprint density at radius 3 is 2.31 bits per heavy atom. The van der Waals surface area contributed by atoms with E-state index in [1.807, 2.05) is 60.7 Å². The first-order valence-electron chi connectivity index (χ1n) is 9.45. The number of morpholine rings is 1. The van der Waals surface area contributed by atoms with Gasteiger partial charge in [0, 0.05) is 24.8 Å². The molecule has 0 bridgehead atoms. The number of rotatable bonds is 5. The molecule has 4 rings (SSSR count). The second kappa shape index (κ2) is 8.70. The Hall–Kier alpha value is -3.45. The first-order valence-corrected chi connectivity index (χ1v) is 9.45. The number of amides is 1. The SMILES string of the molecule is O=C(OCC(=O)N1CCOCC1)c1cn(-c2ccccc2)nc1-c1ccccc1. The van der Waals surface area contributed by atoms with Gasteiger partial charge in [-0.15, -0.1) is 0 Å². The summed E-state index contributed by atoms with van der Waals surface area (Å²) in [4.78, 5) is 26.7. The van der Waals surface area contributed by atoms with Crippen molar-refractivity contribution in [1.29, 1.82) is 0 Å². The minimum Gasteiger partial charge on any atom is -0.452 e. The lowest BCUT2D eigenvalue weighted by atomic mass is 10.1. The van der Waals surface area contributed by atoms with Gasteiger partial charge in [-0.2, -0.15) is 5.10 Å². The quantitative estimate of drug-likeness (QED) is 0.625. The van der Waals surface area contributed by atoms with E-state index in [2.05, 4.69) is 5.10 Å². The zero-order valence-corrected chi connectivity index (χ0v) is 15.9. The van der Waals surface area contributed by atoms with Crippen molar-refractivity contribution in [3.63, 3.8) is 0 Å². The summed E-state index contributed by atoms with van der Waals surface area (Å²) in [5.41, 5.74) is 2.45. The van der Waals surface area contributed by atoms with Crippen LogP contribution in [0.25, 0.3) is 16.9 Å². The van der Waals surface area contributed by atoms with Crippen molar-refractivity contribution in [2.75, 3.05) is 32.9 Å². The average Bonchev–Trinajstić information content (AvgIpc) is 3.25. The van der Waals surface area contributed by atoms with E-state index >= 15 is 0 Å². The van der Waals surface area contributed by atoms with Crippen molar-refractivity contribution < 1.29 is 19.1 Å². The Morgan fingerprint density at radius 2 is 1.62 bits per heavy atom. The normalized spacial score (nSPS) is 13.9. The zero-order chi connectivity index (χ0) is 20.1. The molecule has 0 saturated carbocycles. The molecular formula is C22H21N3O4. The number of ether oxygens (including phenoxy) is 2. The third kappa shape index (κ3) is 4.35. The topological polar surface area (TPSA) is 73.7 Å². The average molecular weight is 391 g/mol. The number of carbonyl (C=O) groups is 2. The Labute approximate surface area is 168 Å². The first kappa shape index (κ1) is 18.9. The van der Waals surface area contributed by atoms with Gasteiger partial charge in [0.2, 0.25) is 0 Å². The summed E-state index contributed by atoms with van der Waals surface area (Å²) in [7, 11) is 0. The van der Waals surface area contributed by atoms with Gasteiger partial charge < -0.3 is 14.4 Å². The maximum atomic E-state index is 12.8. The summed E-state index contributed by atoms with van der Waals surface area (Å²) in [6.45, 7) is 1.72. The molecule has 148 valence electrons. The second-order valence-corrected chi connectivity index (χ2v) is 6.61. The maximum absolute atomic E-state index is 12.8. The molecule has 0 aliphatic carbocycles. The molecule has 0 radical (unpaired) electrons. The lowest BCUT2D eigenvalue weighted by molar-refractivity contribution is -0.138. The van der Waals surface area contributed by atoms with Gasteiger partial charge in [0.15, 0.2) is 6.61 Å². The molecule has 0 atom stereocenters. The lowest BCUT2D eigenvalue weighted by Crippen LogP contribution is -2.42. The van der Waals surface area contributed by atoms with Gasteiger partial charge in [-0.25, -0.2) is 9.48 Å². The molecule has 1 fully saturated rings. The number of nitrogens with zero attached hydrogens (tertiary/aromatic N) is 3. The van der Waals surface area contributed by atoms with E-state index in [0.717, 1.165) is 11.3 Å². The molecular weight excluding hydrogens is 370 g/mol. The van der Waals surface area contributed by atoms with Crippen LogP contribution in [0.5, 0.6) is 0 Å². The predicted molar refractivity (Wildman–Crippen MR) is 107 cm³/mol. The highest BCUT2D eigenvalue weighted by atomic mass is 16.5. The van der Waals surface area contributed by atoms with Crippen molar-refractivity contribution in [1.82, 2.24) is 14.7 Å². The van der Waals surface area contributed by atoms with Crippen LogP contribution in [0, 0.1) is 0 Å². The van der Waals surface area contributed by atoms with Crippen LogP contribution in [0.3, 0.4) is 0 Å². The summed E-state index contributed by atoms with van der Waals surface area (Å²) >= 11 is 0. The monoisotopic (exact) mass is 391 g/mol. The second-order valence-electron chi connectivity index (χ2n) is 6.61. The molecule has 2 aromatic carbocycles. The highest BCUT2D eigenvalue weighted by molar-refractivity contribution is 5.97. The molecule has 2 heterocycles. The predicted octanol–water partition coefficient (Wildman–Crippen LogP) is 2.55. The first-order chi connectivity index (χ1) is 14.2. The van der Waals surface area contributed by atoms with Crippen molar-refractivity contribution in [3.8, 4) is 16.9 Å². The summed E-state index contributed by atoms with van der Waals surface area (Å²) in [5.74, 6) is -0.800. The number of hydrogen-bond acceptors (Lipinski definition) is 5. The van der Waals surface area contributed by atoms with E-state index in [9.17, 15) is 9.59 Å². The van der Waals surface area contributed by atoms with Crippen molar-refractivity contribution in [2.24, 2.45) is 0 Å². The van der Waals surface area contributed by atoms with E-state index in [1.54, 1.807) is 15.8 Å². The number of esters is 1. The molecule has 1 aliphatic heterocycles. The van der Waals surface area contributed by atoms with Crippen LogP contribution < -0.4 is 0 Å². The number of hydrogen-bond donors (Lipinski definition) is 0. The minimum absolute atomic E-state index is 0.224. The number of carbonyl (C=O) groups excluding carboxylic acids is 2. The molecule has 1 saturated heterocycles. The molecule has 0 N–H and O–H groups in total. The fourth-order valence-electron chi connectivity index (χ4n) is 3.15. The van der Waals surface area contributed by atoms with Gasteiger partial charge in [-0.05, 0) is 12.1 Å². The van der Waals surface area contributed by atoms with Gasteiger partial charge >= 0.3 is 5.97 Å². The largest absolute Gasteiger partial charge is 0.452 e. The Kier molecular flexibility index (Phi) is 5.67. The van der Waals surface area contributed by atoms with Crippen LogP contribution in [0.2, 0.25) is 0 Å². The van der Waals surface area contributed by atoms with Crippen LogP contribution >= 0.6 is 0 Å². The zero-order valence-electron chi connectivity index (χ0n) is 15.9. The molecule has 7 heteroatoms. The van der Waals surface area contributed by atoms with E-state index in [4.69, 9.17) is 9.47 Å². The smallest absolute Gasteiger partial charge is 0.342 e. The lowest BCUT2D eigenvalue weighted by Gasteiger charge is -2.26. The fraction of sp³-hybridized carbons (Fsp3) is 0.227.